The van der Waals surface area contributed by atoms with Crippen molar-refractivity contribution in [1.29, 1.82) is 0 Å². The van der Waals surface area contributed by atoms with E-state index in [4.69, 9.17) is 4.74 Å². The first-order chi connectivity index (χ1) is 14.6. The molecule has 1 aliphatic rings. The van der Waals surface area contributed by atoms with Gasteiger partial charge in [-0.05, 0) is 37.4 Å². The number of rotatable bonds is 4. The predicted octanol–water partition coefficient (Wildman–Crippen LogP) is 2.36. The second kappa shape index (κ2) is 7.77. The van der Waals surface area contributed by atoms with Crippen LogP contribution in [0.5, 0.6) is 5.75 Å². The van der Waals surface area contributed by atoms with Crippen LogP contribution in [0.15, 0.2) is 41.4 Å². The monoisotopic (exact) mass is 455 g/mol. The fourth-order valence-electron chi connectivity index (χ4n) is 3.40. The summed E-state index contributed by atoms with van der Waals surface area (Å²) in [6.07, 6.45) is -3.83. The number of halogens is 3. The summed E-state index contributed by atoms with van der Waals surface area (Å²) in [5.74, 6) is 0.531. The van der Waals surface area contributed by atoms with E-state index >= 15 is 0 Å². The Morgan fingerprint density at radius 3 is 2.29 bits per heavy atom. The quantitative estimate of drug-likeness (QED) is 0.601. The fourth-order valence-corrected chi connectivity index (χ4v) is 4.87. The lowest BCUT2D eigenvalue weighted by Gasteiger charge is -2.31. The van der Waals surface area contributed by atoms with Crippen molar-refractivity contribution >= 4 is 15.7 Å². The van der Waals surface area contributed by atoms with Gasteiger partial charge in [0, 0.05) is 31.7 Å². The molecule has 166 valence electrons. The van der Waals surface area contributed by atoms with Gasteiger partial charge in [0.2, 0.25) is 10.0 Å². The number of ether oxygens (including phenoxy) is 1. The van der Waals surface area contributed by atoms with Gasteiger partial charge in [0.25, 0.3) is 0 Å². The Bertz CT molecular complexity index is 1200. The third-order valence-electron chi connectivity index (χ3n) is 5.20. The summed E-state index contributed by atoms with van der Waals surface area (Å²) < 4.78 is 74.5. The molecule has 3 heterocycles. The Morgan fingerprint density at radius 2 is 1.71 bits per heavy atom. The number of benzene rings is 1. The molecule has 4 rings (SSSR count). The maximum atomic E-state index is 13.8. The molecule has 0 aliphatic carbocycles. The number of hydrogen-bond donors (Lipinski definition) is 0. The van der Waals surface area contributed by atoms with Crippen molar-refractivity contribution in [2.75, 3.05) is 40.3 Å². The number of methoxy groups -OCH3 is 1. The summed E-state index contributed by atoms with van der Waals surface area (Å²) in [6, 6.07) is 7.15. The van der Waals surface area contributed by atoms with E-state index in [0.29, 0.717) is 28.9 Å². The number of alkyl halides is 3. The highest BCUT2D eigenvalue weighted by Crippen LogP contribution is 2.34. The molecule has 2 aromatic heterocycles. The summed E-state index contributed by atoms with van der Waals surface area (Å²) >= 11 is 0. The minimum Gasteiger partial charge on any atom is -0.497 e. The third kappa shape index (κ3) is 3.98. The second-order valence-electron chi connectivity index (χ2n) is 7.20. The minimum absolute atomic E-state index is 0.0159. The zero-order chi connectivity index (χ0) is 22.4. The van der Waals surface area contributed by atoms with Gasteiger partial charge < -0.3 is 9.64 Å². The van der Waals surface area contributed by atoms with E-state index < -0.39 is 21.9 Å². The summed E-state index contributed by atoms with van der Waals surface area (Å²) in [5.41, 5.74) is -1.10. The number of nitrogens with zero attached hydrogens (tertiary/aromatic N) is 5. The first-order valence-corrected chi connectivity index (χ1v) is 10.8. The molecule has 0 N–H and O–H groups in total. The van der Waals surface area contributed by atoms with Gasteiger partial charge in [-0.1, -0.05) is 0 Å². The van der Waals surface area contributed by atoms with Crippen molar-refractivity contribution in [1.82, 2.24) is 23.8 Å². The smallest absolute Gasteiger partial charge is 0.433 e. The number of piperazine rings is 1. The molecule has 0 saturated carbocycles. The average Bonchev–Trinajstić information content (AvgIpc) is 3.17. The lowest BCUT2D eigenvalue weighted by Crippen LogP contribution is -2.47. The third-order valence-corrected chi connectivity index (χ3v) is 7.08. The van der Waals surface area contributed by atoms with Crippen molar-refractivity contribution in [3.8, 4) is 17.0 Å². The average molecular weight is 455 g/mol. The van der Waals surface area contributed by atoms with Crippen LogP contribution in [-0.2, 0) is 16.2 Å². The first kappa shape index (κ1) is 21.5. The number of likely N-dealkylation sites (N-methyl/N-ethyl adjacent to an activating group) is 1. The van der Waals surface area contributed by atoms with Crippen molar-refractivity contribution in [3.05, 3.63) is 42.2 Å². The van der Waals surface area contributed by atoms with E-state index in [0.717, 1.165) is 12.3 Å². The van der Waals surface area contributed by atoms with Gasteiger partial charge in [-0.15, -0.1) is 0 Å². The molecule has 1 fully saturated rings. The molecule has 1 saturated heterocycles. The molecule has 0 spiro atoms. The Labute approximate surface area is 176 Å². The highest BCUT2D eigenvalue weighted by atomic mass is 32.2. The first-order valence-electron chi connectivity index (χ1n) is 9.40. The fraction of sp³-hybridized carbons (Fsp3) is 0.368. The van der Waals surface area contributed by atoms with E-state index in [-0.39, 0.29) is 29.3 Å². The molecule has 0 unspecified atom stereocenters. The van der Waals surface area contributed by atoms with Gasteiger partial charge >= 0.3 is 6.18 Å². The molecule has 0 amide bonds. The molecular formula is C19H20F3N5O3S. The molecule has 1 aromatic carbocycles. The highest BCUT2D eigenvalue weighted by molar-refractivity contribution is 7.89. The van der Waals surface area contributed by atoms with Gasteiger partial charge in [0.15, 0.2) is 11.3 Å². The summed E-state index contributed by atoms with van der Waals surface area (Å²) in [6.45, 7) is 1.52. The SMILES string of the molecule is COc1ccc(-c2cc(C(F)(F)F)n3ncc(S(=O)(=O)N4CCN(C)CC4)c3n2)cc1. The van der Waals surface area contributed by atoms with Crippen LogP contribution in [0.2, 0.25) is 0 Å². The Hall–Kier alpha value is -2.70. The van der Waals surface area contributed by atoms with Crippen molar-refractivity contribution < 1.29 is 26.3 Å². The standard InChI is InChI=1S/C19H20F3N5O3S/c1-25-7-9-26(10-8-25)31(28,29)16-12-23-27-17(19(20,21)22)11-15(24-18(16)27)13-3-5-14(30-2)6-4-13/h3-6,11-12H,7-10H2,1-2H3. The molecule has 1 aliphatic heterocycles. The zero-order valence-corrected chi connectivity index (χ0v) is 17.6. The molecule has 8 nitrogen and oxygen atoms in total. The Balaban J connectivity index is 1.88. The Morgan fingerprint density at radius 1 is 1.06 bits per heavy atom. The van der Waals surface area contributed by atoms with Crippen LogP contribution < -0.4 is 4.74 Å². The van der Waals surface area contributed by atoms with Crippen LogP contribution in [0.3, 0.4) is 0 Å². The largest absolute Gasteiger partial charge is 0.497 e. The maximum Gasteiger partial charge on any atom is 0.433 e. The molecule has 0 atom stereocenters. The van der Waals surface area contributed by atoms with Crippen molar-refractivity contribution in [3.63, 3.8) is 0 Å². The van der Waals surface area contributed by atoms with E-state index in [9.17, 15) is 21.6 Å². The van der Waals surface area contributed by atoms with Crippen molar-refractivity contribution in [2.24, 2.45) is 0 Å². The van der Waals surface area contributed by atoms with Crippen molar-refractivity contribution in [2.45, 2.75) is 11.1 Å². The molecule has 0 bridgehead atoms. The van der Waals surface area contributed by atoms with Gasteiger partial charge in [-0.2, -0.15) is 22.6 Å². The highest BCUT2D eigenvalue weighted by Gasteiger charge is 2.38. The van der Waals surface area contributed by atoms with Gasteiger partial charge in [0.05, 0.1) is 19.0 Å². The van der Waals surface area contributed by atoms with E-state index in [1.54, 1.807) is 24.3 Å². The number of aromatic nitrogens is 3. The lowest BCUT2D eigenvalue weighted by atomic mass is 10.1. The second-order valence-corrected chi connectivity index (χ2v) is 9.11. The van der Waals surface area contributed by atoms with Gasteiger partial charge in [0.1, 0.15) is 10.6 Å². The van der Waals surface area contributed by atoms with Crippen LogP contribution in [0.1, 0.15) is 5.69 Å². The molecule has 3 aromatic rings. The van der Waals surface area contributed by atoms with Crippen LogP contribution in [0.25, 0.3) is 16.9 Å². The van der Waals surface area contributed by atoms with Gasteiger partial charge in [-0.25, -0.2) is 17.9 Å². The normalized spacial score (nSPS) is 16.7. The molecular weight excluding hydrogens is 435 g/mol. The zero-order valence-electron chi connectivity index (χ0n) is 16.8. The summed E-state index contributed by atoms with van der Waals surface area (Å²) in [7, 11) is -0.719. The van der Waals surface area contributed by atoms with Crippen LogP contribution >= 0.6 is 0 Å². The molecule has 0 radical (unpaired) electrons. The van der Waals surface area contributed by atoms with E-state index in [1.807, 2.05) is 11.9 Å². The topological polar surface area (TPSA) is 80.0 Å². The number of hydrogen-bond acceptors (Lipinski definition) is 6. The summed E-state index contributed by atoms with van der Waals surface area (Å²) in [5, 5.41) is 3.72. The van der Waals surface area contributed by atoms with E-state index in [1.165, 1.54) is 11.4 Å². The molecule has 31 heavy (non-hydrogen) atoms. The predicted molar refractivity (Wildman–Crippen MR) is 106 cm³/mol. The minimum atomic E-state index is -4.76. The maximum absolute atomic E-state index is 13.8. The Kier molecular flexibility index (Phi) is 5.40. The summed E-state index contributed by atoms with van der Waals surface area (Å²) in [4.78, 5) is 5.88. The molecule has 12 heteroatoms. The van der Waals surface area contributed by atoms with Gasteiger partial charge in [-0.3, -0.25) is 0 Å². The van der Waals surface area contributed by atoms with E-state index in [2.05, 4.69) is 10.1 Å². The number of fused-ring (bicyclic) bond motifs is 1. The van der Waals surface area contributed by atoms with Crippen LogP contribution in [0.4, 0.5) is 13.2 Å². The lowest BCUT2D eigenvalue weighted by molar-refractivity contribution is -0.142. The number of sulfonamides is 1. The van der Waals surface area contributed by atoms with Crippen LogP contribution in [-0.4, -0.2) is 72.6 Å². The van der Waals surface area contributed by atoms with Crippen LogP contribution in [0, 0.1) is 0 Å².